The first-order chi connectivity index (χ1) is 16.1. The van der Waals surface area contributed by atoms with Crippen LogP contribution in [0.1, 0.15) is 55.1 Å². The van der Waals surface area contributed by atoms with Crippen molar-refractivity contribution in [3.63, 3.8) is 0 Å². The summed E-state index contributed by atoms with van der Waals surface area (Å²) in [5.41, 5.74) is 13.5. The molecule has 0 unspecified atom stereocenters. The van der Waals surface area contributed by atoms with Crippen molar-refractivity contribution in [1.29, 1.82) is 0 Å². The summed E-state index contributed by atoms with van der Waals surface area (Å²) in [6, 6.07) is 6.34. The van der Waals surface area contributed by atoms with E-state index >= 15 is 0 Å². The summed E-state index contributed by atoms with van der Waals surface area (Å²) < 4.78 is 7.54. The average Bonchev–Trinajstić information content (AvgIpc) is 3.24. The number of carbonyl (C=O) groups excluding carboxylic acids is 1. The molecule has 2 fully saturated rings. The summed E-state index contributed by atoms with van der Waals surface area (Å²) >= 11 is 0. The summed E-state index contributed by atoms with van der Waals surface area (Å²) in [4.78, 5) is 16.4. The Bertz CT molecular complexity index is 1140. The third kappa shape index (κ3) is 4.60. The summed E-state index contributed by atoms with van der Waals surface area (Å²) in [5.74, 6) is -0.134. The minimum absolute atomic E-state index is 0.0218. The van der Waals surface area contributed by atoms with Crippen LogP contribution >= 0.6 is 0 Å². The Morgan fingerprint density at radius 2 is 1.94 bits per heavy atom. The average molecular weight is 452 g/mol. The first kappa shape index (κ1) is 21.5. The molecule has 1 saturated carbocycles. The minimum atomic E-state index is -0.702. The Labute approximate surface area is 191 Å². The summed E-state index contributed by atoms with van der Waals surface area (Å²) in [7, 11) is 0. The summed E-state index contributed by atoms with van der Waals surface area (Å²) in [6.45, 7) is 1.51. The maximum absolute atomic E-state index is 11.9. The van der Waals surface area contributed by atoms with E-state index in [1.807, 2.05) is 24.4 Å². The van der Waals surface area contributed by atoms with Gasteiger partial charge in [0.2, 0.25) is 5.95 Å². The normalized spacial score (nSPS) is 21.7. The molecule has 3 aromatic rings. The SMILES string of the molecule is NC(=O)c1nnc(N[C@@H]2CCCC[C@@H]2N)nc1Nc1ccc2c(cnn2C2CCOCC2)c1. The van der Waals surface area contributed by atoms with Crippen LogP contribution in [0.25, 0.3) is 10.9 Å². The predicted molar refractivity (Wildman–Crippen MR) is 124 cm³/mol. The van der Waals surface area contributed by atoms with Crippen molar-refractivity contribution >= 4 is 34.3 Å². The maximum Gasteiger partial charge on any atom is 0.273 e. The Kier molecular flexibility index (Phi) is 6.05. The fourth-order valence-corrected chi connectivity index (χ4v) is 4.63. The number of nitrogens with zero attached hydrogens (tertiary/aromatic N) is 5. The van der Waals surface area contributed by atoms with Crippen molar-refractivity contribution in [1.82, 2.24) is 25.0 Å². The van der Waals surface area contributed by atoms with Gasteiger partial charge in [-0.1, -0.05) is 12.8 Å². The lowest BCUT2D eigenvalue weighted by molar-refractivity contribution is 0.0675. The van der Waals surface area contributed by atoms with Crippen LogP contribution in [-0.2, 0) is 4.74 Å². The molecule has 1 amide bonds. The van der Waals surface area contributed by atoms with E-state index in [-0.39, 0.29) is 23.6 Å². The Morgan fingerprint density at radius 1 is 1.12 bits per heavy atom. The smallest absolute Gasteiger partial charge is 0.273 e. The van der Waals surface area contributed by atoms with Crippen molar-refractivity contribution < 1.29 is 9.53 Å². The van der Waals surface area contributed by atoms with Crippen molar-refractivity contribution in [2.75, 3.05) is 23.8 Å². The standard InChI is InChI=1S/C22H29N9O2/c23-16-3-1-2-4-17(16)27-22-28-21(19(20(24)32)29-30-22)26-14-5-6-18-13(11-14)12-25-31(18)15-7-9-33-10-8-15/h5-6,11-12,15-17H,1-4,7-10,23H2,(H2,24,32)(H2,26,27,28,30)/t16-,17+/m0/s1. The van der Waals surface area contributed by atoms with Gasteiger partial charge >= 0.3 is 0 Å². The van der Waals surface area contributed by atoms with E-state index in [4.69, 9.17) is 16.2 Å². The molecule has 2 aliphatic rings. The summed E-state index contributed by atoms with van der Waals surface area (Å²) in [5, 5.41) is 20.1. The van der Waals surface area contributed by atoms with Crippen LogP contribution in [-0.4, -0.2) is 56.2 Å². The van der Waals surface area contributed by atoms with Crippen LogP contribution in [0.2, 0.25) is 0 Å². The van der Waals surface area contributed by atoms with Crippen molar-refractivity contribution in [2.45, 2.75) is 56.7 Å². The van der Waals surface area contributed by atoms with Gasteiger partial charge in [-0.3, -0.25) is 9.48 Å². The molecule has 11 nitrogen and oxygen atoms in total. The molecule has 2 atom stereocenters. The first-order valence-electron chi connectivity index (χ1n) is 11.5. The molecule has 1 aliphatic heterocycles. The third-order valence-electron chi connectivity index (χ3n) is 6.45. The molecule has 0 radical (unpaired) electrons. The van der Waals surface area contributed by atoms with Gasteiger partial charge in [-0.05, 0) is 43.9 Å². The predicted octanol–water partition coefficient (Wildman–Crippen LogP) is 2.10. The molecule has 1 aliphatic carbocycles. The lowest BCUT2D eigenvalue weighted by Gasteiger charge is -2.29. The van der Waals surface area contributed by atoms with E-state index in [1.165, 1.54) is 0 Å². The molecule has 2 aromatic heterocycles. The number of hydrogen-bond donors (Lipinski definition) is 4. The third-order valence-corrected chi connectivity index (χ3v) is 6.45. The van der Waals surface area contributed by atoms with Crippen molar-refractivity contribution in [2.24, 2.45) is 11.5 Å². The van der Waals surface area contributed by atoms with Gasteiger partial charge in [-0.2, -0.15) is 10.1 Å². The number of carbonyl (C=O) groups is 1. The van der Waals surface area contributed by atoms with E-state index < -0.39 is 5.91 Å². The molecular formula is C22H29N9O2. The largest absolute Gasteiger partial charge is 0.381 e. The lowest BCUT2D eigenvalue weighted by Crippen LogP contribution is -2.43. The van der Waals surface area contributed by atoms with E-state index in [9.17, 15) is 4.79 Å². The number of amides is 1. The molecule has 0 spiro atoms. The van der Waals surface area contributed by atoms with Gasteiger partial charge < -0.3 is 26.8 Å². The second kappa shape index (κ2) is 9.28. The number of anilines is 3. The molecule has 5 rings (SSSR count). The second-order valence-electron chi connectivity index (χ2n) is 8.73. The zero-order valence-corrected chi connectivity index (χ0v) is 18.4. The highest BCUT2D eigenvalue weighted by Gasteiger charge is 2.24. The van der Waals surface area contributed by atoms with Gasteiger partial charge in [-0.15, -0.1) is 10.2 Å². The number of hydrogen-bond acceptors (Lipinski definition) is 9. The second-order valence-corrected chi connectivity index (χ2v) is 8.73. The number of nitrogens with one attached hydrogen (secondary N) is 2. The van der Waals surface area contributed by atoms with E-state index in [0.717, 1.165) is 68.3 Å². The minimum Gasteiger partial charge on any atom is -0.381 e. The van der Waals surface area contributed by atoms with Crippen molar-refractivity contribution in [3.8, 4) is 0 Å². The lowest BCUT2D eigenvalue weighted by atomic mass is 9.91. The zero-order chi connectivity index (χ0) is 22.8. The molecule has 11 heteroatoms. The number of fused-ring (bicyclic) bond motifs is 1. The highest BCUT2D eigenvalue weighted by atomic mass is 16.5. The van der Waals surface area contributed by atoms with Crippen LogP contribution in [0.15, 0.2) is 24.4 Å². The number of rotatable bonds is 6. The van der Waals surface area contributed by atoms with Gasteiger partial charge in [0, 0.05) is 36.4 Å². The van der Waals surface area contributed by atoms with Crippen molar-refractivity contribution in [3.05, 3.63) is 30.1 Å². The maximum atomic E-state index is 11.9. The molecule has 33 heavy (non-hydrogen) atoms. The number of aromatic nitrogens is 5. The number of benzene rings is 1. The Balaban J connectivity index is 1.39. The molecule has 3 heterocycles. The van der Waals surface area contributed by atoms with E-state index in [1.54, 1.807) is 0 Å². The molecule has 6 N–H and O–H groups in total. The van der Waals surface area contributed by atoms with E-state index in [2.05, 4.69) is 35.6 Å². The Morgan fingerprint density at radius 3 is 2.73 bits per heavy atom. The highest BCUT2D eigenvalue weighted by molar-refractivity contribution is 5.96. The molecule has 174 valence electrons. The first-order valence-corrected chi connectivity index (χ1v) is 11.5. The van der Waals surface area contributed by atoms with Gasteiger partial charge in [0.1, 0.15) is 0 Å². The van der Waals surface area contributed by atoms with Gasteiger partial charge in [-0.25, -0.2) is 0 Å². The van der Waals surface area contributed by atoms with Crippen LogP contribution in [0.4, 0.5) is 17.5 Å². The van der Waals surface area contributed by atoms with Crippen LogP contribution in [0.5, 0.6) is 0 Å². The van der Waals surface area contributed by atoms with Gasteiger partial charge in [0.05, 0.1) is 17.8 Å². The monoisotopic (exact) mass is 451 g/mol. The molecule has 1 saturated heterocycles. The summed E-state index contributed by atoms with van der Waals surface area (Å²) in [6.07, 6.45) is 7.87. The number of primary amides is 1. The molecule has 1 aromatic carbocycles. The number of nitrogens with two attached hydrogens (primary N) is 2. The van der Waals surface area contributed by atoms with Gasteiger partial charge in [0.15, 0.2) is 11.5 Å². The molecular weight excluding hydrogens is 422 g/mol. The number of ether oxygens (including phenoxy) is 1. The zero-order valence-electron chi connectivity index (χ0n) is 18.4. The van der Waals surface area contributed by atoms with Crippen LogP contribution in [0.3, 0.4) is 0 Å². The van der Waals surface area contributed by atoms with Crippen LogP contribution in [0, 0.1) is 0 Å². The quantitative estimate of drug-likeness (QED) is 0.440. The molecule has 0 bridgehead atoms. The van der Waals surface area contributed by atoms with Crippen LogP contribution < -0.4 is 22.1 Å². The van der Waals surface area contributed by atoms with E-state index in [0.29, 0.717) is 12.0 Å². The fourth-order valence-electron chi connectivity index (χ4n) is 4.63. The van der Waals surface area contributed by atoms with Gasteiger partial charge in [0.25, 0.3) is 5.91 Å². The fraction of sp³-hybridized carbons (Fsp3) is 0.500. The Hall–Kier alpha value is -3.31. The topological polar surface area (TPSA) is 159 Å². The highest BCUT2D eigenvalue weighted by Crippen LogP contribution is 2.28.